The Hall–Kier alpha value is -5.02. The minimum absolute atomic E-state index is 0.0326. The number of aromatic nitrogens is 6. The lowest BCUT2D eigenvalue weighted by Gasteiger charge is -2.19. The summed E-state index contributed by atoms with van der Waals surface area (Å²) in [4.78, 5) is 24.3. The molecule has 3 aromatic heterocycles. The van der Waals surface area contributed by atoms with Gasteiger partial charge in [0.15, 0.2) is 5.96 Å². The first kappa shape index (κ1) is 33.3. The maximum atomic E-state index is 13.8. The molecule has 0 amide bonds. The number of benzene rings is 2. The van der Waals surface area contributed by atoms with Crippen LogP contribution in [0.15, 0.2) is 76.9 Å². The quantitative estimate of drug-likeness (QED) is 0.0686. The SMILES string of the molecule is C[C@H](N)CCCc1cc(-c2cc3cn(-c4ccc([C@H](Cn5ccnn5)NCCCN=C(N)N)cc4)c(=O)nc3[nH]2)cc(C(F)(F)F)c1. The van der Waals surface area contributed by atoms with Crippen LogP contribution in [0.25, 0.3) is 28.0 Å². The van der Waals surface area contributed by atoms with E-state index in [9.17, 15) is 18.0 Å². The summed E-state index contributed by atoms with van der Waals surface area (Å²) in [5.41, 5.74) is 18.6. The standard InChI is InChI=1S/C32H38F3N11O/c1-20(36)4-2-5-21-14-23(16-25(15-21)32(33,34)35)27-17-24-18-46(31(47)43-29(24)42-27)26-8-6-22(7-9-26)28(19-45-13-12-41-44-45)39-10-3-11-40-30(37)38/h6-9,12-18,20,28,39H,2-5,10-11,19,36H2,1H3,(H4,37,38,40)(H,42,43,47)/t20-,28-/m0/s1. The molecule has 0 aliphatic rings. The maximum Gasteiger partial charge on any atom is 0.416 e. The zero-order chi connectivity index (χ0) is 33.6. The molecule has 2 aromatic carbocycles. The second kappa shape index (κ2) is 14.6. The molecule has 0 radical (unpaired) electrons. The van der Waals surface area contributed by atoms with Gasteiger partial charge in [-0.3, -0.25) is 14.2 Å². The van der Waals surface area contributed by atoms with Crippen molar-refractivity contribution < 1.29 is 13.2 Å². The molecule has 8 N–H and O–H groups in total. The highest BCUT2D eigenvalue weighted by Crippen LogP contribution is 2.34. The molecule has 15 heteroatoms. The number of fused-ring (bicyclic) bond motifs is 1. The number of nitrogens with zero attached hydrogens (tertiary/aromatic N) is 6. The van der Waals surface area contributed by atoms with E-state index >= 15 is 0 Å². The molecule has 0 bridgehead atoms. The van der Waals surface area contributed by atoms with E-state index in [-0.39, 0.29) is 23.7 Å². The van der Waals surface area contributed by atoms with E-state index in [2.05, 4.69) is 30.6 Å². The number of rotatable bonds is 14. The molecule has 0 saturated heterocycles. The highest BCUT2D eigenvalue weighted by Gasteiger charge is 2.31. The van der Waals surface area contributed by atoms with Crippen molar-refractivity contribution in [2.45, 2.75) is 57.4 Å². The number of nitrogens with two attached hydrogens (primary N) is 3. The Morgan fingerprint density at radius 2 is 1.89 bits per heavy atom. The van der Waals surface area contributed by atoms with Crippen molar-refractivity contribution >= 4 is 17.0 Å². The third kappa shape index (κ3) is 8.83. The van der Waals surface area contributed by atoms with E-state index in [0.29, 0.717) is 66.8 Å². The van der Waals surface area contributed by atoms with Crippen molar-refractivity contribution in [2.24, 2.45) is 22.2 Å². The number of halogens is 3. The summed E-state index contributed by atoms with van der Waals surface area (Å²) < 4.78 is 44.5. The largest absolute Gasteiger partial charge is 0.416 e. The Labute approximate surface area is 268 Å². The van der Waals surface area contributed by atoms with Gasteiger partial charge < -0.3 is 27.5 Å². The summed E-state index contributed by atoms with van der Waals surface area (Å²) in [6, 6.07) is 13.0. The molecule has 0 aliphatic heterocycles. The first-order valence-corrected chi connectivity index (χ1v) is 15.3. The number of aliphatic imine (C=N–C) groups is 1. The average molecular weight is 650 g/mol. The monoisotopic (exact) mass is 649 g/mol. The number of guanidine groups is 1. The van der Waals surface area contributed by atoms with Gasteiger partial charge >= 0.3 is 11.9 Å². The molecular formula is C32H38F3N11O. The lowest BCUT2D eigenvalue weighted by atomic mass is 9.99. The van der Waals surface area contributed by atoms with Gasteiger partial charge in [0.25, 0.3) is 0 Å². The van der Waals surface area contributed by atoms with Crippen LogP contribution in [0.3, 0.4) is 0 Å². The minimum atomic E-state index is -4.51. The molecule has 0 fully saturated rings. The van der Waals surface area contributed by atoms with Crippen molar-refractivity contribution in [1.82, 2.24) is 34.8 Å². The second-order valence-electron chi connectivity index (χ2n) is 11.5. The Morgan fingerprint density at radius 1 is 1.11 bits per heavy atom. The molecule has 12 nitrogen and oxygen atoms in total. The van der Waals surface area contributed by atoms with Crippen LogP contribution < -0.4 is 28.2 Å². The van der Waals surface area contributed by atoms with Crippen LogP contribution in [-0.2, 0) is 19.1 Å². The molecule has 2 atom stereocenters. The maximum absolute atomic E-state index is 13.8. The highest BCUT2D eigenvalue weighted by atomic mass is 19.4. The number of alkyl halides is 3. The first-order chi connectivity index (χ1) is 22.5. The van der Waals surface area contributed by atoms with E-state index < -0.39 is 17.4 Å². The molecule has 248 valence electrons. The molecular weight excluding hydrogens is 611 g/mol. The van der Waals surface area contributed by atoms with Crippen molar-refractivity contribution in [3.8, 4) is 16.9 Å². The van der Waals surface area contributed by atoms with E-state index in [1.54, 1.807) is 35.4 Å². The van der Waals surface area contributed by atoms with Crippen molar-refractivity contribution in [3.63, 3.8) is 0 Å². The number of aryl methyl sites for hydroxylation is 1. The van der Waals surface area contributed by atoms with Crippen LogP contribution in [-0.4, -0.2) is 54.6 Å². The number of nitrogens with one attached hydrogen (secondary N) is 2. The number of H-pyrrole nitrogens is 1. The number of hydrogen-bond donors (Lipinski definition) is 5. The normalized spacial score (nSPS) is 13.1. The summed E-state index contributed by atoms with van der Waals surface area (Å²) in [5.74, 6) is 0.0482. The second-order valence-corrected chi connectivity index (χ2v) is 11.5. The third-order valence-electron chi connectivity index (χ3n) is 7.70. The molecule has 0 saturated carbocycles. The number of aromatic amines is 1. The Morgan fingerprint density at radius 3 is 2.57 bits per heavy atom. The lowest BCUT2D eigenvalue weighted by Crippen LogP contribution is -2.28. The van der Waals surface area contributed by atoms with Crippen LogP contribution in [0, 0.1) is 0 Å². The van der Waals surface area contributed by atoms with Crippen LogP contribution in [0.2, 0.25) is 0 Å². The smallest absolute Gasteiger partial charge is 0.370 e. The molecule has 0 spiro atoms. The molecule has 47 heavy (non-hydrogen) atoms. The van der Waals surface area contributed by atoms with Gasteiger partial charge in [-0.2, -0.15) is 18.2 Å². The molecule has 5 rings (SSSR count). The van der Waals surface area contributed by atoms with E-state index in [4.69, 9.17) is 17.2 Å². The van der Waals surface area contributed by atoms with Gasteiger partial charge in [-0.25, -0.2) is 4.79 Å². The molecule has 0 aliphatic carbocycles. The zero-order valence-corrected chi connectivity index (χ0v) is 25.9. The van der Waals surface area contributed by atoms with Crippen LogP contribution in [0.5, 0.6) is 0 Å². The van der Waals surface area contributed by atoms with Crippen molar-refractivity contribution in [1.29, 1.82) is 0 Å². The molecule has 5 aromatic rings. The summed E-state index contributed by atoms with van der Waals surface area (Å²) in [6.45, 7) is 3.53. The fourth-order valence-corrected chi connectivity index (χ4v) is 5.35. The lowest BCUT2D eigenvalue weighted by molar-refractivity contribution is -0.137. The zero-order valence-electron chi connectivity index (χ0n) is 25.9. The van der Waals surface area contributed by atoms with Crippen molar-refractivity contribution in [2.75, 3.05) is 13.1 Å². The van der Waals surface area contributed by atoms with E-state index in [0.717, 1.165) is 18.1 Å². The fourth-order valence-electron chi connectivity index (χ4n) is 5.35. The van der Waals surface area contributed by atoms with Gasteiger partial charge in [-0.05, 0) is 92.2 Å². The molecule has 3 heterocycles. The van der Waals surface area contributed by atoms with Gasteiger partial charge in [0.2, 0.25) is 0 Å². The predicted molar refractivity (Wildman–Crippen MR) is 175 cm³/mol. The summed E-state index contributed by atoms with van der Waals surface area (Å²) in [7, 11) is 0. The minimum Gasteiger partial charge on any atom is -0.370 e. The summed E-state index contributed by atoms with van der Waals surface area (Å²) in [5, 5.41) is 12.0. The van der Waals surface area contributed by atoms with Gasteiger partial charge in [-0.1, -0.05) is 17.3 Å². The first-order valence-electron chi connectivity index (χ1n) is 15.3. The summed E-state index contributed by atoms with van der Waals surface area (Å²) in [6.07, 6.45) is 3.06. The average Bonchev–Trinajstić information content (AvgIpc) is 3.69. The Balaban J connectivity index is 1.40. The van der Waals surface area contributed by atoms with Crippen LogP contribution in [0.4, 0.5) is 13.2 Å². The number of hydrogen-bond acceptors (Lipinski definition) is 7. The third-order valence-corrected chi connectivity index (χ3v) is 7.70. The predicted octanol–water partition coefficient (Wildman–Crippen LogP) is 3.66. The Kier molecular flexibility index (Phi) is 10.4. The van der Waals surface area contributed by atoms with Gasteiger partial charge in [0.05, 0.1) is 30.0 Å². The van der Waals surface area contributed by atoms with Gasteiger partial charge in [-0.15, -0.1) is 5.10 Å². The van der Waals surface area contributed by atoms with E-state index in [1.165, 1.54) is 10.6 Å². The topological polar surface area (TPSA) is 184 Å². The summed E-state index contributed by atoms with van der Waals surface area (Å²) >= 11 is 0. The van der Waals surface area contributed by atoms with Crippen LogP contribution >= 0.6 is 0 Å². The molecule has 0 unspecified atom stereocenters. The van der Waals surface area contributed by atoms with E-state index in [1.807, 2.05) is 31.2 Å². The van der Waals surface area contributed by atoms with Gasteiger partial charge in [0.1, 0.15) is 5.65 Å². The highest BCUT2D eigenvalue weighted by molar-refractivity contribution is 5.83. The fraction of sp³-hybridized carbons (Fsp3) is 0.344. The Bertz CT molecular complexity index is 1860. The van der Waals surface area contributed by atoms with Crippen molar-refractivity contribution in [3.05, 3.63) is 94.3 Å². The van der Waals surface area contributed by atoms with Crippen LogP contribution in [0.1, 0.15) is 48.9 Å². The van der Waals surface area contributed by atoms with Gasteiger partial charge in [0, 0.05) is 36.1 Å².